The van der Waals surface area contributed by atoms with E-state index >= 15 is 0 Å². The first-order chi connectivity index (χ1) is 15.1. The fourth-order valence-electron chi connectivity index (χ4n) is 5.85. The van der Waals surface area contributed by atoms with Crippen LogP contribution in [0.15, 0.2) is 11.6 Å². The van der Waals surface area contributed by atoms with Gasteiger partial charge in [0.1, 0.15) is 6.04 Å². The molecule has 8 atom stereocenters. The Kier molecular flexibility index (Phi) is 8.09. The van der Waals surface area contributed by atoms with Gasteiger partial charge in [0.25, 0.3) is 0 Å². The van der Waals surface area contributed by atoms with Crippen molar-refractivity contribution in [2.45, 2.75) is 97.0 Å². The lowest BCUT2D eigenvalue weighted by Gasteiger charge is -2.45. The molecular formula is C25H43NO6. The zero-order valence-electron chi connectivity index (χ0n) is 20.8. The number of aliphatic hydroxyl groups excluding tert-OH is 1. The summed E-state index contributed by atoms with van der Waals surface area (Å²) >= 11 is 0. The van der Waals surface area contributed by atoms with Crippen LogP contribution in [-0.2, 0) is 23.7 Å². The first-order valence-corrected chi connectivity index (χ1v) is 12.0. The Hall–Kier alpha value is -0.990. The number of allylic oxidation sites excluding steroid dienone is 2. The van der Waals surface area contributed by atoms with Gasteiger partial charge in [0, 0.05) is 13.0 Å². The first kappa shape index (κ1) is 25.6. The largest absolute Gasteiger partial charge is 0.468 e. The standard InChI is InChI=1S/C25H43NO6/c1-15(2)8-9-17-13-24(17,5)21-20(29-6)19(10-11-25(21)14-31-25)32-23(28)26-18(12-16(3)4)22(27)30-7/h8,16-21,23,26,28H,9-14H2,1-7H3/t17-,18+,19+,20+,21+,23-,24-,25-/m0/s1. The number of carbonyl (C=O) groups is 1. The topological polar surface area (TPSA) is 89.6 Å². The number of carbonyl (C=O) groups excluding carboxylic acids is 1. The highest BCUT2D eigenvalue weighted by Gasteiger charge is 2.70. The Bertz CT molecular complexity index is 686. The molecule has 0 aromatic heterocycles. The molecule has 7 heteroatoms. The van der Waals surface area contributed by atoms with Crippen molar-refractivity contribution >= 4 is 5.97 Å². The maximum Gasteiger partial charge on any atom is 0.323 e. The summed E-state index contributed by atoms with van der Waals surface area (Å²) in [5, 5.41) is 13.6. The molecule has 1 saturated heterocycles. The Morgan fingerprint density at radius 1 is 1.31 bits per heavy atom. The third-order valence-corrected chi connectivity index (χ3v) is 7.72. The van der Waals surface area contributed by atoms with E-state index in [4.69, 9.17) is 18.9 Å². The molecule has 3 aliphatic rings. The number of nitrogens with one attached hydrogen (secondary N) is 1. The maximum atomic E-state index is 12.1. The van der Waals surface area contributed by atoms with Crippen molar-refractivity contribution in [2.24, 2.45) is 23.2 Å². The van der Waals surface area contributed by atoms with E-state index in [1.807, 2.05) is 13.8 Å². The summed E-state index contributed by atoms with van der Waals surface area (Å²) in [5.74, 6) is 0.694. The van der Waals surface area contributed by atoms with Crippen molar-refractivity contribution in [3.8, 4) is 0 Å². The first-order valence-electron chi connectivity index (χ1n) is 12.0. The molecule has 184 valence electrons. The number of epoxide rings is 1. The van der Waals surface area contributed by atoms with E-state index in [-0.39, 0.29) is 35.1 Å². The number of esters is 1. The van der Waals surface area contributed by atoms with Crippen molar-refractivity contribution in [2.75, 3.05) is 20.8 Å². The molecule has 1 aliphatic heterocycles. The van der Waals surface area contributed by atoms with Gasteiger partial charge < -0.3 is 24.1 Å². The van der Waals surface area contributed by atoms with E-state index in [2.05, 4.69) is 32.2 Å². The van der Waals surface area contributed by atoms with Gasteiger partial charge in [-0.15, -0.1) is 0 Å². The molecule has 0 aromatic carbocycles. The summed E-state index contributed by atoms with van der Waals surface area (Å²) in [4.78, 5) is 12.1. The summed E-state index contributed by atoms with van der Waals surface area (Å²) < 4.78 is 23.0. The minimum Gasteiger partial charge on any atom is -0.468 e. The molecule has 3 rings (SSSR count). The molecule has 0 bridgehead atoms. The zero-order chi connectivity index (χ0) is 23.7. The summed E-state index contributed by atoms with van der Waals surface area (Å²) in [7, 11) is 3.08. The third-order valence-electron chi connectivity index (χ3n) is 7.72. The monoisotopic (exact) mass is 453 g/mol. The highest BCUT2D eigenvalue weighted by Crippen LogP contribution is 2.68. The minimum atomic E-state index is -1.27. The van der Waals surface area contributed by atoms with E-state index in [0.29, 0.717) is 12.3 Å². The Labute approximate surface area is 193 Å². The molecule has 32 heavy (non-hydrogen) atoms. The lowest BCUT2D eigenvalue weighted by atomic mass is 9.67. The van der Waals surface area contributed by atoms with Crippen LogP contribution in [0.3, 0.4) is 0 Å². The summed E-state index contributed by atoms with van der Waals surface area (Å²) in [6.45, 7) is 11.5. The summed E-state index contributed by atoms with van der Waals surface area (Å²) in [6.07, 6.45) is 5.02. The Balaban J connectivity index is 1.69. The van der Waals surface area contributed by atoms with Crippen molar-refractivity contribution < 1.29 is 28.8 Å². The molecule has 2 N–H and O–H groups in total. The number of hydrogen-bond acceptors (Lipinski definition) is 7. The predicted octanol–water partition coefficient (Wildman–Crippen LogP) is 3.40. The van der Waals surface area contributed by atoms with Gasteiger partial charge in [-0.1, -0.05) is 32.4 Å². The molecule has 2 aliphatic carbocycles. The number of methoxy groups -OCH3 is 2. The van der Waals surface area contributed by atoms with E-state index in [1.165, 1.54) is 12.7 Å². The molecule has 0 aromatic rings. The van der Waals surface area contributed by atoms with E-state index < -0.39 is 18.4 Å². The Morgan fingerprint density at radius 2 is 2.00 bits per heavy atom. The lowest BCUT2D eigenvalue weighted by molar-refractivity contribution is -0.219. The molecule has 7 nitrogen and oxygen atoms in total. The quantitative estimate of drug-likeness (QED) is 0.214. The molecule has 0 unspecified atom stereocenters. The average molecular weight is 454 g/mol. The minimum absolute atomic E-state index is 0.125. The lowest BCUT2D eigenvalue weighted by Crippen LogP contribution is -2.55. The van der Waals surface area contributed by atoms with Crippen molar-refractivity contribution in [1.82, 2.24) is 5.32 Å². The SMILES string of the molecule is COC(=O)[C@@H](CC(C)C)N[C@@H](O)O[C@@H]1CC[C@]2(CO2)[C@@H]([C@@]2(C)C[C@@H]2CC=C(C)C)[C@@H]1OC. The van der Waals surface area contributed by atoms with Gasteiger partial charge in [-0.3, -0.25) is 10.1 Å². The van der Waals surface area contributed by atoms with Gasteiger partial charge in [0.15, 0.2) is 0 Å². The van der Waals surface area contributed by atoms with E-state index in [9.17, 15) is 9.90 Å². The average Bonchev–Trinajstić information content (AvgIpc) is 3.63. The zero-order valence-corrected chi connectivity index (χ0v) is 20.8. The van der Waals surface area contributed by atoms with Gasteiger partial charge >= 0.3 is 5.97 Å². The van der Waals surface area contributed by atoms with Crippen LogP contribution in [0.4, 0.5) is 0 Å². The number of rotatable bonds is 11. The van der Waals surface area contributed by atoms with Crippen LogP contribution >= 0.6 is 0 Å². The second-order valence-electron chi connectivity index (χ2n) is 10.9. The van der Waals surface area contributed by atoms with Crippen LogP contribution in [0.25, 0.3) is 0 Å². The Morgan fingerprint density at radius 3 is 2.53 bits per heavy atom. The van der Waals surface area contributed by atoms with Crippen LogP contribution in [0.2, 0.25) is 0 Å². The van der Waals surface area contributed by atoms with Gasteiger partial charge in [-0.2, -0.15) is 0 Å². The van der Waals surface area contributed by atoms with Crippen LogP contribution in [0, 0.1) is 23.2 Å². The number of hydrogen-bond donors (Lipinski definition) is 2. The molecule has 1 heterocycles. The van der Waals surface area contributed by atoms with Crippen molar-refractivity contribution in [3.63, 3.8) is 0 Å². The summed E-state index contributed by atoms with van der Waals surface area (Å²) in [5.41, 5.74) is 1.36. The van der Waals surface area contributed by atoms with Crippen LogP contribution in [0.5, 0.6) is 0 Å². The molecule has 0 amide bonds. The normalized spacial score (nSPS) is 37.8. The number of aliphatic hydroxyl groups is 1. The summed E-state index contributed by atoms with van der Waals surface area (Å²) in [6, 6.07) is -0.622. The molecular weight excluding hydrogens is 410 g/mol. The molecule has 0 radical (unpaired) electrons. The number of ether oxygens (including phenoxy) is 4. The molecule has 2 saturated carbocycles. The third kappa shape index (κ3) is 5.55. The second kappa shape index (κ2) is 10.1. The van der Waals surface area contributed by atoms with Gasteiger partial charge in [0.2, 0.25) is 6.41 Å². The highest BCUT2D eigenvalue weighted by atomic mass is 16.6. The fourth-order valence-corrected chi connectivity index (χ4v) is 5.85. The predicted molar refractivity (Wildman–Crippen MR) is 122 cm³/mol. The highest BCUT2D eigenvalue weighted by molar-refractivity contribution is 5.75. The van der Waals surface area contributed by atoms with Crippen molar-refractivity contribution in [1.29, 1.82) is 0 Å². The van der Waals surface area contributed by atoms with Crippen molar-refractivity contribution in [3.05, 3.63) is 11.6 Å². The maximum absolute atomic E-state index is 12.1. The smallest absolute Gasteiger partial charge is 0.323 e. The van der Waals surface area contributed by atoms with Gasteiger partial charge in [-0.25, -0.2) is 0 Å². The van der Waals surface area contributed by atoms with Gasteiger partial charge in [0.05, 0.1) is 31.5 Å². The van der Waals surface area contributed by atoms with E-state index in [0.717, 1.165) is 32.3 Å². The second-order valence-corrected chi connectivity index (χ2v) is 10.9. The fraction of sp³-hybridized carbons (Fsp3) is 0.880. The van der Waals surface area contributed by atoms with Crippen LogP contribution in [-0.4, -0.2) is 62.2 Å². The van der Waals surface area contributed by atoms with Gasteiger partial charge in [-0.05, 0) is 63.2 Å². The molecule has 1 spiro atoms. The van der Waals surface area contributed by atoms with Crippen LogP contribution < -0.4 is 5.32 Å². The van der Waals surface area contributed by atoms with Crippen LogP contribution in [0.1, 0.15) is 66.7 Å². The van der Waals surface area contributed by atoms with E-state index in [1.54, 1.807) is 7.11 Å². The molecule has 3 fully saturated rings.